The second-order valence-electron chi connectivity index (χ2n) is 4.23. The van der Waals surface area contributed by atoms with Gasteiger partial charge in [0, 0.05) is 17.0 Å². The predicted octanol–water partition coefficient (Wildman–Crippen LogP) is 4.79. The van der Waals surface area contributed by atoms with Gasteiger partial charge in [0.15, 0.2) is 0 Å². The second kappa shape index (κ2) is 3.47. The monoisotopic (exact) mass is 253 g/mol. The van der Waals surface area contributed by atoms with Gasteiger partial charge in [-0.2, -0.15) is 0 Å². The van der Waals surface area contributed by atoms with Gasteiger partial charge in [0.1, 0.15) is 11.2 Å². The zero-order valence-corrected chi connectivity index (χ0v) is 10.1. The molecule has 2 aromatic carbocycles. The van der Waals surface area contributed by atoms with Gasteiger partial charge < -0.3 is 4.42 Å². The van der Waals surface area contributed by atoms with E-state index in [1.165, 1.54) is 0 Å². The number of rotatable bonds is 0. The SMILES string of the molecule is Clc1ccnc2ccc3c4ccccc4oc3c12. The van der Waals surface area contributed by atoms with E-state index in [1.807, 2.05) is 30.3 Å². The molecule has 3 heteroatoms. The number of benzene rings is 2. The van der Waals surface area contributed by atoms with Crippen molar-refractivity contribution in [3.63, 3.8) is 0 Å². The molecule has 0 saturated heterocycles. The van der Waals surface area contributed by atoms with Crippen LogP contribution in [0.3, 0.4) is 0 Å². The molecule has 0 radical (unpaired) electrons. The maximum atomic E-state index is 6.26. The maximum absolute atomic E-state index is 6.26. The molecule has 0 N–H and O–H groups in total. The standard InChI is InChI=1S/C15H8ClNO/c16-11-7-8-17-12-6-5-10-9-3-1-2-4-13(9)18-15(10)14(11)12/h1-8H. The Morgan fingerprint density at radius 2 is 1.83 bits per heavy atom. The molecule has 0 bridgehead atoms. The fourth-order valence-corrected chi connectivity index (χ4v) is 2.62. The van der Waals surface area contributed by atoms with Crippen molar-refractivity contribution in [1.82, 2.24) is 4.98 Å². The molecule has 18 heavy (non-hydrogen) atoms. The van der Waals surface area contributed by atoms with E-state index >= 15 is 0 Å². The summed E-state index contributed by atoms with van der Waals surface area (Å²) in [4.78, 5) is 4.32. The molecule has 4 rings (SSSR count). The van der Waals surface area contributed by atoms with Crippen LogP contribution >= 0.6 is 11.6 Å². The molecule has 4 aromatic rings. The van der Waals surface area contributed by atoms with Crippen LogP contribution in [-0.2, 0) is 0 Å². The summed E-state index contributed by atoms with van der Waals surface area (Å²) in [7, 11) is 0. The van der Waals surface area contributed by atoms with Crippen LogP contribution in [0.25, 0.3) is 32.8 Å². The second-order valence-corrected chi connectivity index (χ2v) is 4.63. The number of nitrogens with zero attached hydrogens (tertiary/aromatic N) is 1. The third-order valence-corrected chi connectivity index (χ3v) is 3.51. The molecule has 0 aliphatic rings. The molecule has 0 aliphatic carbocycles. The Bertz CT molecular complexity index is 895. The molecular formula is C15H8ClNO. The number of pyridine rings is 1. The smallest absolute Gasteiger partial charge is 0.146 e. The molecule has 2 nitrogen and oxygen atoms in total. The largest absolute Gasteiger partial charge is 0.455 e. The lowest BCUT2D eigenvalue weighted by atomic mass is 10.1. The summed E-state index contributed by atoms with van der Waals surface area (Å²) in [5, 5.41) is 3.74. The minimum atomic E-state index is 0.671. The molecule has 0 aliphatic heterocycles. The van der Waals surface area contributed by atoms with Crippen molar-refractivity contribution >= 4 is 44.4 Å². The van der Waals surface area contributed by atoms with Gasteiger partial charge in [0.25, 0.3) is 0 Å². The van der Waals surface area contributed by atoms with Crippen LogP contribution in [0.15, 0.2) is 53.1 Å². The van der Waals surface area contributed by atoms with Gasteiger partial charge >= 0.3 is 0 Å². The summed E-state index contributed by atoms with van der Waals surface area (Å²) < 4.78 is 5.92. The van der Waals surface area contributed by atoms with Crippen molar-refractivity contribution < 1.29 is 4.42 Å². The lowest BCUT2D eigenvalue weighted by Crippen LogP contribution is -1.79. The normalized spacial score (nSPS) is 11.6. The Kier molecular flexibility index (Phi) is 1.91. The third kappa shape index (κ3) is 1.21. The highest BCUT2D eigenvalue weighted by Crippen LogP contribution is 2.35. The molecule has 0 amide bonds. The summed E-state index contributed by atoms with van der Waals surface area (Å²) >= 11 is 6.26. The molecule has 0 saturated carbocycles. The first-order valence-corrected chi connectivity index (χ1v) is 6.07. The zero-order valence-electron chi connectivity index (χ0n) is 9.35. The summed E-state index contributed by atoms with van der Waals surface area (Å²) in [5.74, 6) is 0. The van der Waals surface area contributed by atoms with Gasteiger partial charge in [-0.05, 0) is 24.3 Å². The van der Waals surface area contributed by atoms with Crippen LogP contribution in [0, 0.1) is 0 Å². The van der Waals surface area contributed by atoms with E-state index in [2.05, 4.69) is 11.1 Å². The summed E-state index contributed by atoms with van der Waals surface area (Å²) in [5.41, 5.74) is 2.54. The van der Waals surface area contributed by atoms with Crippen molar-refractivity contribution in [3.05, 3.63) is 53.7 Å². The summed E-state index contributed by atoms with van der Waals surface area (Å²) in [6.45, 7) is 0. The van der Waals surface area contributed by atoms with Crippen LogP contribution in [0.5, 0.6) is 0 Å². The maximum Gasteiger partial charge on any atom is 0.146 e. The first kappa shape index (κ1) is 9.92. The average molecular weight is 254 g/mol. The minimum Gasteiger partial charge on any atom is -0.455 e. The van der Waals surface area contributed by atoms with E-state index in [4.69, 9.17) is 16.0 Å². The van der Waals surface area contributed by atoms with Crippen molar-refractivity contribution in [2.75, 3.05) is 0 Å². The van der Waals surface area contributed by atoms with E-state index in [9.17, 15) is 0 Å². The Hall–Kier alpha value is -2.06. The highest BCUT2D eigenvalue weighted by Gasteiger charge is 2.12. The summed E-state index contributed by atoms with van der Waals surface area (Å²) in [6.07, 6.45) is 1.71. The van der Waals surface area contributed by atoms with Crippen LogP contribution in [0.2, 0.25) is 5.02 Å². The predicted molar refractivity (Wildman–Crippen MR) is 74.0 cm³/mol. The topological polar surface area (TPSA) is 26.0 Å². The van der Waals surface area contributed by atoms with Crippen LogP contribution in [0.4, 0.5) is 0 Å². The van der Waals surface area contributed by atoms with E-state index in [-0.39, 0.29) is 0 Å². The fraction of sp³-hybridized carbons (Fsp3) is 0. The lowest BCUT2D eigenvalue weighted by Gasteiger charge is -1.99. The molecule has 2 heterocycles. The van der Waals surface area contributed by atoms with E-state index in [0.717, 1.165) is 32.8 Å². The Balaban J connectivity index is 2.35. The number of fused-ring (bicyclic) bond motifs is 5. The Labute approximate surface area is 108 Å². The highest BCUT2D eigenvalue weighted by atomic mass is 35.5. The molecule has 2 aromatic heterocycles. The molecule has 0 unspecified atom stereocenters. The van der Waals surface area contributed by atoms with Crippen molar-refractivity contribution in [1.29, 1.82) is 0 Å². The zero-order chi connectivity index (χ0) is 12.1. The molecule has 86 valence electrons. The van der Waals surface area contributed by atoms with E-state index < -0.39 is 0 Å². The van der Waals surface area contributed by atoms with Gasteiger partial charge in [-0.25, -0.2) is 0 Å². The molecule has 0 spiro atoms. The first-order chi connectivity index (χ1) is 8.84. The first-order valence-electron chi connectivity index (χ1n) is 5.69. The Morgan fingerprint density at radius 3 is 2.78 bits per heavy atom. The van der Waals surface area contributed by atoms with Crippen LogP contribution < -0.4 is 0 Å². The van der Waals surface area contributed by atoms with Gasteiger partial charge in [0.2, 0.25) is 0 Å². The third-order valence-electron chi connectivity index (χ3n) is 3.20. The van der Waals surface area contributed by atoms with Crippen LogP contribution in [-0.4, -0.2) is 4.98 Å². The quantitative estimate of drug-likeness (QED) is 0.450. The number of aromatic nitrogens is 1. The van der Waals surface area contributed by atoms with Crippen LogP contribution in [0.1, 0.15) is 0 Å². The van der Waals surface area contributed by atoms with Gasteiger partial charge in [-0.15, -0.1) is 0 Å². The van der Waals surface area contributed by atoms with E-state index in [1.54, 1.807) is 12.3 Å². The van der Waals surface area contributed by atoms with Gasteiger partial charge in [0.05, 0.1) is 15.9 Å². The highest BCUT2D eigenvalue weighted by molar-refractivity contribution is 6.37. The number of furan rings is 1. The number of hydrogen-bond donors (Lipinski definition) is 0. The summed E-state index contributed by atoms with van der Waals surface area (Å²) in [6, 6.07) is 13.8. The van der Waals surface area contributed by atoms with Gasteiger partial charge in [-0.3, -0.25) is 4.98 Å². The lowest BCUT2D eigenvalue weighted by molar-refractivity contribution is 0.672. The molecule has 0 atom stereocenters. The van der Waals surface area contributed by atoms with E-state index in [0.29, 0.717) is 5.02 Å². The Morgan fingerprint density at radius 1 is 0.944 bits per heavy atom. The van der Waals surface area contributed by atoms with Crippen molar-refractivity contribution in [2.24, 2.45) is 0 Å². The number of halogens is 1. The number of hydrogen-bond acceptors (Lipinski definition) is 2. The van der Waals surface area contributed by atoms with Gasteiger partial charge in [-0.1, -0.05) is 29.8 Å². The number of para-hydroxylation sites is 1. The van der Waals surface area contributed by atoms with Crippen molar-refractivity contribution in [2.45, 2.75) is 0 Å². The molecular weight excluding hydrogens is 246 g/mol. The average Bonchev–Trinajstić information content (AvgIpc) is 2.77. The fourth-order valence-electron chi connectivity index (χ4n) is 2.38. The molecule has 0 fully saturated rings. The minimum absolute atomic E-state index is 0.671. The van der Waals surface area contributed by atoms with Crippen molar-refractivity contribution in [3.8, 4) is 0 Å².